The molecule has 5 rings (SSSR count). The van der Waals surface area contributed by atoms with Gasteiger partial charge in [-0.3, -0.25) is 24.1 Å². The van der Waals surface area contributed by atoms with Crippen molar-refractivity contribution in [1.82, 2.24) is 10.2 Å². The minimum absolute atomic E-state index is 0.0587. The first-order valence-corrected chi connectivity index (χ1v) is 12.0. The maximum Gasteiger partial charge on any atom is 0.349 e. The first-order chi connectivity index (χ1) is 17.4. The molecule has 1 N–H and O–H groups in total. The van der Waals surface area contributed by atoms with Crippen molar-refractivity contribution in [1.29, 1.82) is 0 Å². The molecule has 0 radical (unpaired) electrons. The molecule has 9 heteroatoms. The van der Waals surface area contributed by atoms with E-state index in [1.54, 1.807) is 30.3 Å². The molecule has 2 aliphatic rings. The van der Waals surface area contributed by atoms with Crippen LogP contribution in [0.1, 0.15) is 69.6 Å². The van der Waals surface area contributed by atoms with Gasteiger partial charge in [0, 0.05) is 24.0 Å². The third kappa shape index (κ3) is 4.64. The fraction of sp³-hybridized carbons (Fsp3) is 0.296. The fourth-order valence-corrected chi connectivity index (χ4v) is 4.65. The van der Waals surface area contributed by atoms with Crippen LogP contribution >= 0.6 is 0 Å². The SMILES string of the molecule is O=C(CCN1C(=O)c2ccccc2C1=O)Oc1ccc2cc(C(=O)NC3CCCCC3)c(=O)oc2c1. The predicted octanol–water partition coefficient (Wildman–Crippen LogP) is 3.45. The molecule has 1 aromatic heterocycles. The lowest BCUT2D eigenvalue weighted by Gasteiger charge is -2.22. The summed E-state index contributed by atoms with van der Waals surface area (Å²) in [5.74, 6) is -1.87. The monoisotopic (exact) mass is 488 g/mol. The van der Waals surface area contributed by atoms with E-state index in [4.69, 9.17) is 9.15 Å². The maximum absolute atomic E-state index is 12.6. The molecule has 0 bridgehead atoms. The first kappa shape index (κ1) is 23.5. The Balaban J connectivity index is 1.23. The van der Waals surface area contributed by atoms with Crippen LogP contribution in [-0.4, -0.2) is 41.2 Å². The van der Waals surface area contributed by atoms with Gasteiger partial charge in [-0.2, -0.15) is 0 Å². The third-order valence-electron chi connectivity index (χ3n) is 6.54. The van der Waals surface area contributed by atoms with E-state index in [-0.39, 0.29) is 35.9 Å². The van der Waals surface area contributed by atoms with E-state index >= 15 is 0 Å². The summed E-state index contributed by atoms with van der Waals surface area (Å²) in [6.45, 7) is -0.118. The molecular weight excluding hydrogens is 464 g/mol. The smallest absolute Gasteiger partial charge is 0.349 e. The quantitative estimate of drug-likeness (QED) is 0.244. The van der Waals surface area contributed by atoms with Gasteiger partial charge in [0.2, 0.25) is 0 Å². The molecule has 0 unspecified atom stereocenters. The van der Waals surface area contributed by atoms with Gasteiger partial charge in [0.25, 0.3) is 17.7 Å². The van der Waals surface area contributed by atoms with Crippen LogP contribution in [0.3, 0.4) is 0 Å². The zero-order valence-corrected chi connectivity index (χ0v) is 19.5. The summed E-state index contributed by atoms with van der Waals surface area (Å²) in [4.78, 5) is 63.3. The van der Waals surface area contributed by atoms with Gasteiger partial charge in [0.1, 0.15) is 16.9 Å². The predicted molar refractivity (Wildman–Crippen MR) is 129 cm³/mol. The van der Waals surface area contributed by atoms with E-state index in [9.17, 15) is 24.0 Å². The molecular formula is C27H24N2O7. The molecule has 0 atom stereocenters. The van der Waals surface area contributed by atoms with Crippen LogP contribution in [0, 0.1) is 0 Å². The van der Waals surface area contributed by atoms with Gasteiger partial charge in [-0.25, -0.2) is 4.79 Å². The lowest BCUT2D eigenvalue weighted by Crippen LogP contribution is -2.38. The molecule has 3 amide bonds. The number of esters is 1. The van der Waals surface area contributed by atoms with Crippen LogP contribution in [0.15, 0.2) is 57.7 Å². The first-order valence-electron chi connectivity index (χ1n) is 12.0. The number of hydrogen-bond donors (Lipinski definition) is 1. The van der Waals surface area contributed by atoms with E-state index in [1.165, 1.54) is 18.2 Å². The number of nitrogens with one attached hydrogen (secondary N) is 1. The van der Waals surface area contributed by atoms with Crippen molar-refractivity contribution in [2.24, 2.45) is 0 Å². The van der Waals surface area contributed by atoms with Crippen LogP contribution in [-0.2, 0) is 4.79 Å². The number of amides is 3. The average Bonchev–Trinajstić information content (AvgIpc) is 3.12. The Labute approximate surface area is 206 Å². The van der Waals surface area contributed by atoms with E-state index in [0.717, 1.165) is 37.0 Å². The molecule has 1 aliphatic heterocycles. The van der Waals surface area contributed by atoms with Crippen molar-refractivity contribution in [3.63, 3.8) is 0 Å². The maximum atomic E-state index is 12.6. The summed E-state index contributed by atoms with van der Waals surface area (Å²) >= 11 is 0. The zero-order valence-electron chi connectivity index (χ0n) is 19.5. The average molecular weight is 488 g/mol. The highest BCUT2D eigenvalue weighted by Crippen LogP contribution is 2.24. The summed E-state index contributed by atoms with van der Waals surface area (Å²) in [5, 5.41) is 3.42. The number of nitrogens with zero attached hydrogens (tertiary/aromatic N) is 1. The van der Waals surface area contributed by atoms with Crippen LogP contribution in [0.25, 0.3) is 11.0 Å². The molecule has 1 fully saturated rings. The second kappa shape index (κ2) is 9.77. The summed E-state index contributed by atoms with van der Waals surface area (Å²) in [6, 6.07) is 12.5. The van der Waals surface area contributed by atoms with E-state index < -0.39 is 29.3 Å². The lowest BCUT2D eigenvalue weighted by molar-refractivity contribution is -0.134. The van der Waals surface area contributed by atoms with Gasteiger partial charge < -0.3 is 14.5 Å². The molecule has 9 nitrogen and oxygen atoms in total. The zero-order chi connectivity index (χ0) is 25.2. The number of benzene rings is 2. The number of hydrogen-bond acceptors (Lipinski definition) is 7. The number of fused-ring (bicyclic) bond motifs is 2. The molecule has 1 saturated carbocycles. The van der Waals surface area contributed by atoms with Gasteiger partial charge in [0.05, 0.1) is 17.5 Å². The van der Waals surface area contributed by atoms with Gasteiger partial charge in [-0.1, -0.05) is 31.4 Å². The third-order valence-corrected chi connectivity index (χ3v) is 6.54. The standard InChI is InChI=1S/C27H24N2O7/c30-23(12-13-29-25(32)19-8-4-5-9-20(19)26(29)33)35-18-11-10-16-14-21(27(34)36-22(16)15-18)24(31)28-17-6-2-1-3-7-17/h4-5,8-11,14-15,17H,1-3,6-7,12-13H2,(H,28,31). The molecule has 36 heavy (non-hydrogen) atoms. The van der Waals surface area contributed by atoms with Crippen molar-refractivity contribution in [2.45, 2.75) is 44.6 Å². The van der Waals surface area contributed by atoms with Crippen LogP contribution in [0.4, 0.5) is 0 Å². The topological polar surface area (TPSA) is 123 Å². The molecule has 2 aromatic carbocycles. The van der Waals surface area contributed by atoms with Crippen molar-refractivity contribution >= 4 is 34.7 Å². The van der Waals surface area contributed by atoms with Crippen LogP contribution in [0.5, 0.6) is 5.75 Å². The summed E-state index contributed by atoms with van der Waals surface area (Å²) in [6.07, 6.45) is 4.85. The lowest BCUT2D eigenvalue weighted by atomic mass is 9.95. The van der Waals surface area contributed by atoms with Crippen molar-refractivity contribution < 1.29 is 28.3 Å². The number of carbonyl (C=O) groups is 4. The molecule has 1 aliphatic carbocycles. The second-order valence-electron chi connectivity index (χ2n) is 8.99. The molecule has 2 heterocycles. The van der Waals surface area contributed by atoms with Crippen molar-refractivity contribution in [2.75, 3.05) is 6.54 Å². The molecule has 184 valence electrons. The number of rotatable bonds is 6. The van der Waals surface area contributed by atoms with Crippen LogP contribution in [0.2, 0.25) is 0 Å². The highest BCUT2D eigenvalue weighted by atomic mass is 16.5. The highest BCUT2D eigenvalue weighted by Gasteiger charge is 2.35. The fourth-order valence-electron chi connectivity index (χ4n) is 4.65. The van der Waals surface area contributed by atoms with Crippen molar-refractivity contribution in [3.8, 4) is 5.75 Å². The number of carbonyl (C=O) groups excluding carboxylic acids is 4. The largest absolute Gasteiger partial charge is 0.426 e. The number of imide groups is 1. The van der Waals surface area contributed by atoms with Gasteiger partial charge >= 0.3 is 11.6 Å². The molecule has 0 saturated heterocycles. The Kier molecular flexibility index (Phi) is 6.37. The summed E-state index contributed by atoms with van der Waals surface area (Å²) < 4.78 is 10.6. The van der Waals surface area contributed by atoms with Crippen LogP contribution < -0.4 is 15.7 Å². The van der Waals surface area contributed by atoms with E-state index in [1.807, 2.05) is 0 Å². The summed E-state index contributed by atoms with van der Waals surface area (Å²) in [7, 11) is 0. The van der Waals surface area contributed by atoms with Gasteiger partial charge in [0.15, 0.2) is 0 Å². The highest BCUT2D eigenvalue weighted by molar-refractivity contribution is 6.21. The number of ether oxygens (including phenoxy) is 1. The Morgan fingerprint density at radius 2 is 1.64 bits per heavy atom. The normalized spacial score (nSPS) is 15.7. The minimum atomic E-state index is -0.773. The molecule has 3 aromatic rings. The second-order valence-corrected chi connectivity index (χ2v) is 8.99. The van der Waals surface area contributed by atoms with Gasteiger partial charge in [-0.15, -0.1) is 0 Å². The Morgan fingerprint density at radius 1 is 0.944 bits per heavy atom. The summed E-state index contributed by atoms with van der Waals surface area (Å²) in [5.41, 5.74) is -0.0528. The molecule has 0 spiro atoms. The minimum Gasteiger partial charge on any atom is -0.426 e. The van der Waals surface area contributed by atoms with E-state index in [2.05, 4.69) is 5.32 Å². The van der Waals surface area contributed by atoms with Gasteiger partial charge in [-0.05, 0) is 43.2 Å². The Morgan fingerprint density at radius 3 is 2.33 bits per heavy atom. The Bertz CT molecular complexity index is 1400. The van der Waals surface area contributed by atoms with E-state index in [0.29, 0.717) is 16.5 Å². The van der Waals surface area contributed by atoms with Crippen molar-refractivity contribution in [3.05, 3.63) is 75.6 Å². The Hall–Kier alpha value is -4.27.